The molecule has 4 aliphatic rings. The predicted molar refractivity (Wildman–Crippen MR) is 117 cm³/mol. The van der Waals surface area contributed by atoms with Gasteiger partial charge in [-0.15, -0.1) is 0 Å². The monoisotopic (exact) mass is 405 g/mol. The fourth-order valence-electron chi connectivity index (χ4n) is 6.84. The molecule has 1 amide bonds. The van der Waals surface area contributed by atoms with Crippen LogP contribution in [0, 0.1) is 0 Å². The Bertz CT molecular complexity index is 575. The van der Waals surface area contributed by atoms with Gasteiger partial charge < -0.3 is 10.1 Å². The van der Waals surface area contributed by atoms with E-state index in [0.717, 1.165) is 58.3 Å². The van der Waals surface area contributed by atoms with Gasteiger partial charge in [-0.2, -0.15) is 0 Å². The van der Waals surface area contributed by atoms with Gasteiger partial charge in [0.25, 0.3) is 0 Å². The molecule has 1 spiro atoms. The SMILES string of the molecule is CCCCC1(C)N(C2CCCCC2)C(=O)OC12CCN(C1(C)CCNCC1)CC2. The molecule has 1 unspecified atom stereocenters. The zero-order valence-electron chi connectivity index (χ0n) is 19.1. The maximum absolute atomic E-state index is 13.3. The molecule has 0 aromatic carbocycles. The van der Waals surface area contributed by atoms with Gasteiger partial charge in [0.05, 0.1) is 5.54 Å². The van der Waals surface area contributed by atoms with Crippen LogP contribution in [0.2, 0.25) is 0 Å². The van der Waals surface area contributed by atoms with E-state index in [-0.39, 0.29) is 17.2 Å². The van der Waals surface area contributed by atoms with Crippen molar-refractivity contribution in [3.8, 4) is 0 Å². The highest BCUT2D eigenvalue weighted by molar-refractivity contribution is 5.73. The van der Waals surface area contributed by atoms with Gasteiger partial charge in [-0.25, -0.2) is 4.79 Å². The number of nitrogens with zero attached hydrogens (tertiary/aromatic N) is 2. The Kier molecular flexibility index (Phi) is 6.19. The van der Waals surface area contributed by atoms with E-state index in [9.17, 15) is 4.79 Å². The Hall–Kier alpha value is -0.810. The van der Waals surface area contributed by atoms with Crippen molar-refractivity contribution in [2.75, 3.05) is 26.2 Å². The topological polar surface area (TPSA) is 44.8 Å². The third-order valence-electron chi connectivity index (χ3n) is 8.96. The average molecular weight is 406 g/mol. The van der Waals surface area contributed by atoms with Gasteiger partial charge in [0, 0.05) is 37.5 Å². The van der Waals surface area contributed by atoms with Crippen molar-refractivity contribution in [1.82, 2.24) is 15.1 Å². The minimum Gasteiger partial charge on any atom is -0.440 e. The number of hydrogen-bond donors (Lipinski definition) is 1. The second-order valence-electron chi connectivity index (χ2n) is 10.6. The molecule has 1 aliphatic carbocycles. The summed E-state index contributed by atoms with van der Waals surface area (Å²) in [5.74, 6) is 0. The van der Waals surface area contributed by atoms with Crippen LogP contribution >= 0.6 is 0 Å². The van der Waals surface area contributed by atoms with E-state index in [0.29, 0.717) is 11.6 Å². The minimum atomic E-state index is -0.295. The number of carbonyl (C=O) groups excluding carboxylic acids is 1. The van der Waals surface area contributed by atoms with Crippen LogP contribution < -0.4 is 5.32 Å². The summed E-state index contributed by atoms with van der Waals surface area (Å²) in [6.07, 6.45) is 14.0. The fraction of sp³-hybridized carbons (Fsp3) is 0.958. The van der Waals surface area contributed by atoms with Crippen LogP contribution in [0.25, 0.3) is 0 Å². The molecule has 3 saturated heterocycles. The highest BCUT2D eigenvalue weighted by Gasteiger charge is 2.64. The Morgan fingerprint density at radius 3 is 2.31 bits per heavy atom. The molecule has 3 aliphatic heterocycles. The molecule has 4 fully saturated rings. The minimum absolute atomic E-state index is 0.0166. The van der Waals surface area contributed by atoms with Crippen molar-refractivity contribution in [2.45, 2.75) is 121 Å². The maximum Gasteiger partial charge on any atom is 0.411 e. The van der Waals surface area contributed by atoms with Gasteiger partial charge in [0.1, 0.15) is 5.60 Å². The second-order valence-corrected chi connectivity index (χ2v) is 10.6. The van der Waals surface area contributed by atoms with Crippen LogP contribution in [-0.4, -0.2) is 64.8 Å². The number of amides is 1. The van der Waals surface area contributed by atoms with Crippen molar-refractivity contribution in [3.05, 3.63) is 0 Å². The van der Waals surface area contributed by atoms with E-state index in [4.69, 9.17) is 4.74 Å². The lowest BCUT2D eigenvalue weighted by Crippen LogP contribution is -2.64. The second kappa shape index (κ2) is 8.37. The van der Waals surface area contributed by atoms with Crippen LogP contribution in [0.5, 0.6) is 0 Å². The zero-order valence-corrected chi connectivity index (χ0v) is 19.1. The quantitative estimate of drug-likeness (QED) is 0.720. The summed E-state index contributed by atoms with van der Waals surface area (Å²) in [6.45, 7) is 11.4. The maximum atomic E-state index is 13.3. The third kappa shape index (κ3) is 3.71. The molecule has 0 bridgehead atoms. The van der Waals surface area contributed by atoms with Crippen molar-refractivity contribution in [3.63, 3.8) is 0 Å². The lowest BCUT2D eigenvalue weighted by atomic mass is 9.70. The molecule has 1 atom stereocenters. The Morgan fingerprint density at radius 1 is 1.03 bits per heavy atom. The van der Waals surface area contributed by atoms with Crippen molar-refractivity contribution in [2.24, 2.45) is 0 Å². The van der Waals surface area contributed by atoms with Crippen LogP contribution in [0.15, 0.2) is 0 Å². The molecule has 5 heteroatoms. The summed E-state index contributed by atoms with van der Waals surface area (Å²) >= 11 is 0. The first kappa shape index (κ1) is 21.4. The Morgan fingerprint density at radius 2 is 1.69 bits per heavy atom. The number of unbranched alkanes of at least 4 members (excludes halogenated alkanes) is 1. The molecular weight excluding hydrogens is 362 g/mol. The van der Waals surface area contributed by atoms with Gasteiger partial charge in [0.15, 0.2) is 0 Å². The van der Waals surface area contributed by atoms with Gasteiger partial charge in [-0.3, -0.25) is 9.80 Å². The number of nitrogens with one attached hydrogen (secondary N) is 1. The van der Waals surface area contributed by atoms with E-state index in [2.05, 4.69) is 35.9 Å². The molecule has 166 valence electrons. The number of likely N-dealkylation sites (tertiary alicyclic amines) is 1. The van der Waals surface area contributed by atoms with E-state index in [1.807, 2.05) is 0 Å². The number of rotatable bonds is 5. The lowest BCUT2D eigenvalue weighted by Gasteiger charge is -2.53. The lowest BCUT2D eigenvalue weighted by molar-refractivity contribution is -0.0860. The Labute approximate surface area is 177 Å². The summed E-state index contributed by atoms with van der Waals surface area (Å²) < 4.78 is 6.38. The van der Waals surface area contributed by atoms with E-state index >= 15 is 0 Å². The third-order valence-corrected chi connectivity index (χ3v) is 8.96. The zero-order chi connectivity index (χ0) is 20.5. The van der Waals surface area contributed by atoms with Gasteiger partial charge in [0.2, 0.25) is 0 Å². The van der Waals surface area contributed by atoms with Crippen molar-refractivity contribution < 1.29 is 9.53 Å². The van der Waals surface area contributed by atoms with E-state index in [1.165, 1.54) is 44.9 Å². The molecular formula is C24H43N3O2. The van der Waals surface area contributed by atoms with Crippen LogP contribution in [-0.2, 0) is 4.74 Å². The number of piperidine rings is 2. The number of hydrogen-bond acceptors (Lipinski definition) is 4. The summed E-state index contributed by atoms with van der Waals surface area (Å²) in [5, 5.41) is 3.51. The molecule has 1 saturated carbocycles. The standard InChI is InChI=1S/C24H43N3O2/c1-4-5-11-23(3)24(29-21(28)27(23)20-9-7-6-8-10-20)14-18-26(19-15-24)22(2)12-16-25-17-13-22/h20,25H,4-19H2,1-3H3. The van der Waals surface area contributed by atoms with Crippen LogP contribution in [0.1, 0.15) is 97.8 Å². The van der Waals surface area contributed by atoms with Gasteiger partial charge in [-0.05, 0) is 59.0 Å². The van der Waals surface area contributed by atoms with Crippen LogP contribution in [0.3, 0.4) is 0 Å². The van der Waals surface area contributed by atoms with Gasteiger partial charge in [-0.1, -0.05) is 39.0 Å². The predicted octanol–water partition coefficient (Wildman–Crippen LogP) is 4.70. The average Bonchev–Trinajstić information content (AvgIpc) is 2.94. The van der Waals surface area contributed by atoms with E-state index in [1.54, 1.807) is 0 Å². The highest BCUT2D eigenvalue weighted by atomic mass is 16.6. The molecule has 1 N–H and O–H groups in total. The molecule has 4 rings (SSSR count). The van der Waals surface area contributed by atoms with Crippen molar-refractivity contribution in [1.29, 1.82) is 0 Å². The first-order valence-electron chi connectivity index (χ1n) is 12.4. The molecule has 0 aromatic rings. The van der Waals surface area contributed by atoms with Gasteiger partial charge >= 0.3 is 6.09 Å². The largest absolute Gasteiger partial charge is 0.440 e. The number of ether oxygens (including phenoxy) is 1. The summed E-state index contributed by atoms with van der Waals surface area (Å²) in [6, 6.07) is 0.387. The molecule has 3 heterocycles. The van der Waals surface area contributed by atoms with E-state index < -0.39 is 0 Å². The summed E-state index contributed by atoms with van der Waals surface area (Å²) in [7, 11) is 0. The molecule has 0 aromatic heterocycles. The summed E-state index contributed by atoms with van der Waals surface area (Å²) in [4.78, 5) is 18.2. The normalized spacial score (nSPS) is 33.2. The Balaban J connectivity index is 1.54. The first-order chi connectivity index (χ1) is 13.9. The molecule has 0 radical (unpaired) electrons. The smallest absolute Gasteiger partial charge is 0.411 e. The fourth-order valence-corrected chi connectivity index (χ4v) is 6.84. The summed E-state index contributed by atoms with van der Waals surface area (Å²) in [5.41, 5.74) is -0.141. The van der Waals surface area contributed by atoms with Crippen molar-refractivity contribution >= 4 is 6.09 Å². The van der Waals surface area contributed by atoms with Crippen LogP contribution in [0.4, 0.5) is 4.79 Å². The number of carbonyl (C=O) groups is 1. The first-order valence-corrected chi connectivity index (χ1v) is 12.4. The molecule has 29 heavy (non-hydrogen) atoms. The highest BCUT2D eigenvalue weighted by Crippen LogP contribution is 2.51. The molecule has 5 nitrogen and oxygen atoms in total.